The lowest BCUT2D eigenvalue weighted by atomic mass is 10.2. The quantitative estimate of drug-likeness (QED) is 0.632. The number of ether oxygens (including phenoxy) is 2. The number of para-hydroxylation sites is 1. The first-order chi connectivity index (χ1) is 13.1. The third kappa shape index (κ3) is 3.48. The average Bonchev–Trinajstić information content (AvgIpc) is 3.32. The van der Waals surface area contributed by atoms with E-state index in [-0.39, 0.29) is 12.7 Å². The molecule has 0 unspecified atom stereocenters. The van der Waals surface area contributed by atoms with Crippen molar-refractivity contribution < 1.29 is 14.3 Å². The molecule has 8 heteroatoms. The van der Waals surface area contributed by atoms with Gasteiger partial charge in [0.1, 0.15) is 0 Å². The van der Waals surface area contributed by atoms with Gasteiger partial charge in [-0.3, -0.25) is 9.36 Å². The van der Waals surface area contributed by atoms with Crippen LogP contribution in [-0.2, 0) is 4.79 Å². The van der Waals surface area contributed by atoms with Crippen molar-refractivity contribution in [1.82, 2.24) is 19.7 Å². The Hall–Kier alpha value is -3.00. The minimum Gasteiger partial charge on any atom is -0.454 e. The Bertz CT molecular complexity index is 972. The summed E-state index contributed by atoms with van der Waals surface area (Å²) in [7, 11) is 3.48. The highest BCUT2D eigenvalue weighted by molar-refractivity contribution is 7.99. The molecular weight excluding hydrogens is 364 g/mol. The van der Waals surface area contributed by atoms with Crippen molar-refractivity contribution in [3.63, 3.8) is 0 Å². The smallest absolute Gasteiger partial charge is 0.232 e. The van der Waals surface area contributed by atoms with Crippen LogP contribution in [-0.4, -0.2) is 52.2 Å². The molecular formula is C19H18N4O3S. The van der Waals surface area contributed by atoms with Crippen molar-refractivity contribution in [3.8, 4) is 28.6 Å². The Labute approximate surface area is 160 Å². The van der Waals surface area contributed by atoms with E-state index in [9.17, 15) is 4.79 Å². The number of rotatable bonds is 5. The molecule has 1 aromatic heterocycles. The van der Waals surface area contributed by atoms with E-state index in [2.05, 4.69) is 10.2 Å². The predicted octanol–water partition coefficient (Wildman–Crippen LogP) is 2.84. The second-order valence-electron chi connectivity index (χ2n) is 6.12. The van der Waals surface area contributed by atoms with Crippen molar-refractivity contribution in [1.29, 1.82) is 0 Å². The van der Waals surface area contributed by atoms with Gasteiger partial charge in [0.05, 0.1) is 5.75 Å². The van der Waals surface area contributed by atoms with Crippen LogP contribution < -0.4 is 9.47 Å². The summed E-state index contributed by atoms with van der Waals surface area (Å²) >= 11 is 1.36. The largest absolute Gasteiger partial charge is 0.454 e. The van der Waals surface area contributed by atoms with Gasteiger partial charge >= 0.3 is 0 Å². The fraction of sp³-hybridized carbons (Fsp3) is 0.211. The fourth-order valence-electron chi connectivity index (χ4n) is 2.65. The first-order valence-corrected chi connectivity index (χ1v) is 9.36. The summed E-state index contributed by atoms with van der Waals surface area (Å²) in [6.45, 7) is 0.220. The van der Waals surface area contributed by atoms with E-state index in [0.29, 0.717) is 22.5 Å². The van der Waals surface area contributed by atoms with E-state index in [1.165, 1.54) is 11.8 Å². The molecule has 0 radical (unpaired) electrons. The van der Waals surface area contributed by atoms with E-state index in [1.54, 1.807) is 19.0 Å². The SMILES string of the molecule is CN(C)C(=O)CSc1nnc(-c2ccc3c(c2)OCO3)n1-c1ccccc1. The zero-order chi connectivity index (χ0) is 18.8. The van der Waals surface area contributed by atoms with Crippen LogP contribution in [0.3, 0.4) is 0 Å². The molecule has 2 aromatic carbocycles. The van der Waals surface area contributed by atoms with Crippen molar-refractivity contribution in [3.05, 3.63) is 48.5 Å². The molecule has 0 atom stereocenters. The van der Waals surface area contributed by atoms with Gasteiger partial charge in [-0.2, -0.15) is 0 Å². The Morgan fingerprint density at radius 2 is 1.89 bits per heavy atom. The number of fused-ring (bicyclic) bond motifs is 1. The van der Waals surface area contributed by atoms with Crippen LogP contribution in [0.15, 0.2) is 53.7 Å². The number of aromatic nitrogens is 3. The van der Waals surface area contributed by atoms with Gasteiger partial charge in [-0.25, -0.2) is 0 Å². The normalized spacial score (nSPS) is 12.2. The molecule has 0 aliphatic carbocycles. The zero-order valence-electron chi connectivity index (χ0n) is 15.0. The Morgan fingerprint density at radius 1 is 1.11 bits per heavy atom. The highest BCUT2D eigenvalue weighted by Gasteiger charge is 2.20. The van der Waals surface area contributed by atoms with Crippen LogP contribution in [0.4, 0.5) is 0 Å². The number of thioether (sulfide) groups is 1. The number of nitrogens with zero attached hydrogens (tertiary/aromatic N) is 4. The standard InChI is InChI=1S/C19H18N4O3S/c1-22(2)17(24)11-27-19-21-20-18(23(19)14-6-4-3-5-7-14)13-8-9-15-16(10-13)26-12-25-15/h3-10H,11-12H2,1-2H3. The summed E-state index contributed by atoms with van der Waals surface area (Å²) in [4.78, 5) is 13.6. The zero-order valence-corrected chi connectivity index (χ0v) is 15.8. The lowest BCUT2D eigenvalue weighted by Gasteiger charge is -2.12. The van der Waals surface area contributed by atoms with Gasteiger partial charge in [0.25, 0.3) is 0 Å². The lowest BCUT2D eigenvalue weighted by molar-refractivity contribution is -0.125. The maximum atomic E-state index is 12.0. The minimum absolute atomic E-state index is 0.0206. The minimum atomic E-state index is 0.0206. The molecule has 3 aromatic rings. The fourth-order valence-corrected chi connectivity index (χ4v) is 3.58. The molecule has 2 heterocycles. The summed E-state index contributed by atoms with van der Waals surface area (Å²) in [6.07, 6.45) is 0. The summed E-state index contributed by atoms with van der Waals surface area (Å²) in [5, 5.41) is 9.37. The first-order valence-electron chi connectivity index (χ1n) is 8.37. The number of benzene rings is 2. The molecule has 0 bridgehead atoms. The third-order valence-corrected chi connectivity index (χ3v) is 5.02. The maximum Gasteiger partial charge on any atom is 0.232 e. The monoisotopic (exact) mass is 382 g/mol. The topological polar surface area (TPSA) is 69.5 Å². The molecule has 0 spiro atoms. The van der Waals surface area contributed by atoms with E-state index in [1.807, 2.05) is 53.1 Å². The second kappa shape index (κ2) is 7.32. The van der Waals surface area contributed by atoms with Crippen molar-refractivity contribution in [2.24, 2.45) is 0 Å². The van der Waals surface area contributed by atoms with Crippen molar-refractivity contribution >= 4 is 17.7 Å². The van der Waals surface area contributed by atoms with Crippen LogP contribution in [0.1, 0.15) is 0 Å². The van der Waals surface area contributed by atoms with Crippen LogP contribution in [0.5, 0.6) is 11.5 Å². The molecule has 0 N–H and O–H groups in total. The molecule has 0 saturated carbocycles. The maximum absolute atomic E-state index is 12.0. The number of amides is 1. The van der Waals surface area contributed by atoms with Gasteiger partial charge in [-0.15, -0.1) is 10.2 Å². The van der Waals surface area contributed by atoms with Gasteiger partial charge in [-0.1, -0.05) is 30.0 Å². The average molecular weight is 382 g/mol. The summed E-state index contributed by atoms with van der Waals surface area (Å²) in [5.41, 5.74) is 1.79. The van der Waals surface area contributed by atoms with E-state index < -0.39 is 0 Å². The van der Waals surface area contributed by atoms with Crippen LogP contribution in [0.2, 0.25) is 0 Å². The number of hydrogen-bond donors (Lipinski definition) is 0. The van der Waals surface area contributed by atoms with Gasteiger partial charge in [0.15, 0.2) is 22.5 Å². The molecule has 1 aliphatic heterocycles. The molecule has 27 heavy (non-hydrogen) atoms. The summed E-state index contributed by atoms with van der Waals surface area (Å²) in [5.74, 6) is 2.40. The van der Waals surface area contributed by atoms with Gasteiger partial charge in [0, 0.05) is 25.3 Å². The third-order valence-electron chi connectivity index (χ3n) is 4.10. The molecule has 1 aliphatic rings. The summed E-state index contributed by atoms with van der Waals surface area (Å²) in [6, 6.07) is 15.5. The van der Waals surface area contributed by atoms with E-state index >= 15 is 0 Å². The van der Waals surface area contributed by atoms with Crippen LogP contribution in [0.25, 0.3) is 17.1 Å². The Kier molecular flexibility index (Phi) is 4.72. The Balaban J connectivity index is 1.74. The highest BCUT2D eigenvalue weighted by Crippen LogP contribution is 2.37. The molecule has 1 amide bonds. The van der Waals surface area contributed by atoms with Crippen molar-refractivity contribution in [2.45, 2.75) is 5.16 Å². The van der Waals surface area contributed by atoms with Crippen molar-refractivity contribution in [2.75, 3.05) is 26.6 Å². The van der Waals surface area contributed by atoms with Gasteiger partial charge in [0.2, 0.25) is 12.7 Å². The molecule has 138 valence electrons. The number of carbonyl (C=O) groups excluding carboxylic acids is 1. The predicted molar refractivity (Wildman–Crippen MR) is 102 cm³/mol. The molecule has 0 saturated heterocycles. The first kappa shape index (κ1) is 17.4. The van der Waals surface area contributed by atoms with Gasteiger partial charge in [-0.05, 0) is 30.3 Å². The highest BCUT2D eigenvalue weighted by atomic mass is 32.2. The number of hydrogen-bond acceptors (Lipinski definition) is 6. The molecule has 0 fully saturated rings. The van der Waals surface area contributed by atoms with E-state index in [4.69, 9.17) is 9.47 Å². The molecule has 7 nitrogen and oxygen atoms in total. The second-order valence-corrected chi connectivity index (χ2v) is 7.06. The van der Waals surface area contributed by atoms with Crippen LogP contribution >= 0.6 is 11.8 Å². The molecule has 4 rings (SSSR count). The number of carbonyl (C=O) groups is 1. The van der Waals surface area contributed by atoms with E-state index in [0.717, 1.165) is 17.0 Å². The lowest BCUT2D eigenvalue weighted by Crippen LogP contribution is -2.23. The Morgan fingerprint density at radius 3 is 2.67 bits per heavy atom. The van der Waals surface area contributed by atoms with Crippen LogP contribution in [0, 0.1) is 0 Å². The van der Waals surface area contributed by atoms with Gasteiger partial charge < -0.3 is 14.4 Å². The summed E-state index contributed by atoms with van der Waals surface area (Å²) < 4.78 is 12.8.